The smallest absolute Gasteiger partial charge is 0.193 e. The summed E-state index contributed by atoms with van der Waals surface area (Å²) in [6.45, 7) is 5.59. The van der Waals surface area contributed by atoms with Gasteiger partial charge in [0.15, 0.2) is 0 Å². The highest BCUT2D eigenvalue weighted by Gasteiger charge is 2.15. The van der Waals surface area contributed by atoms with Crippen LogP contribution in [0.1, 0.15) is 11.8 Å². The van der Waals surface area contributed by atoms with E-state index in [1.807, 2.05) is 6.92 Å². The van der Waals surface area contributed by atoms with Crippen LogP contribution in [0.25, 0.3) is 0 Å². The summed E-state index contributed by atoms with van der Waals surface area (Å²) in [5, 5.41) is 1.99. The molecule has 0 saturated heterocycles. The molecule has 1 nitrogen and oxygen atoms in total. The van der Waals surface area contributed by atoms with Gasteiger partial charge in [-0.05, 0) is 19.1 Å². The van der Waals surface area contributed by atoms with Crippen molar-refractivity contribution in [1.29, 1.82) is 0 Å². The molecule has 0 N–H and O–H groups in total. The van der Waals surface area contributed by atoms with E-state index in [1.165, 1.54) is 0 Å². The van der Waals surface area contributed by atoms with Crippen molar-refractivity contribution in [2.45, 2.75) is 13.3 Å². The van der Waals surface area contributed by atoms with Crippen molar-refractivity contribution in [3.63, 3.8) is 0 Å². The van der Waals surface area contributed by atoms with E-state index in [0.29, 0.717) is 11.4 Å². The summed E-state index contributed by atoms with van der Waals surface area (Å²) >= 11 is 11.3. The fourth-order valence-corrected chi connectivity index (χ4v) is 2.37. The van der Waals surface area contributed by atoms with Crippen LogP contribution in [0, 0.1) is 5.13 Å². The number of isothiocyanates is 1. The monoisotopic (exact) mass is 247 g/mol. The summed E-state index contributed by atoms with van der Waals surface area (Å²) in [4.78, 5) is 4.30. The summed E-state index contributed by atoms with van der Waals surface area (Å²) in [7, 11) is 0. The largest absolute Gasteiger partial charge is 0.204 e. The Bertz CT molecular complexity index is 419. The van der Waals surface area contributed by atoms with E-state index in [2.05, 4.69) is 29.0 Å². The first-order valence-corrected chi connectivity index (χ1v) is 5.35. The molecule has 5 heteroatoms. The number of thiocarbonyl (C=S) groups is 1. The molecule has 1 heterocycles. The second kappa shape index (κ2) is 4.80. The van der Waals surface area contributed by atoms with E-state index in [4.69, 9.17) is 11.6 Å². The van der Waals surface area contributed by atoms with Crippen molar-refractivity contribution in [3.8, 4) is 0 Å². The van der Waals surface area contributed by atoms with Gasteiger partial charge >= 0.3 is 0 Å². The molecule has 74 valence electrons. The van der Waals surface area contributed by atoms with Crippen molar-refractivity contribution in [2.75, 3.05) is 0 Å². The van der Waals surface area contributed by atoms with Gasteiger partial charge in [0.1, 0.15) is 5.69 Å². The van der Waals surface area contributed by atoms with E-state index < -0.39 is 5.13 Å². The van der Waals surface area contributed by atoms with Crippen LogP contribution in [-0.2, 0) is 6.42 Å². The average molecular weight is 248 g/mol. The van der Waals surface area contributed by atoms with E-state index in [9.17, 15) is 4.39 Å². The summed E-state index contributed by atoms with van der Waals surface area (Å²) < 4.78 is 13.2. The van der Waals surface area contributed by atoms with Gasteiger partial charge in [-0.2, -0.15) is 9.38 Å². The van der Waals surface area contributed by atoms with Gasteiger partial charge in [-0.15, -0.1) is 11.3 Å². The number of allylic oxidation sites excluding steroid dienone is 1. The second-order valence-corrected chi connectivity index (χ2v) is 4.41. The zero-order valence-electron chi connectivity index (χ0n) is 7.43. The second-order valence-electron chi connectivity index (χ2n) is 2.80. The fraction of sp³-hybridized carbons (Fsp3) is 0.222. The van der Waals surface area contributed by atoms with Gasteiger partial charge in [-0.1, -0.05) is 23.8 Å². The van der Waals surface area contributed by atoms with Gasteiger partial charge in [-0.3, -0.25) is 0 Å². The van der Waals surface area contributed by atoms with E-state index in [0.717, 1.165) is 21.8 Å². The predicted octanol–water partition coefficient (Wildman–Crippen LogP) is 4.39. The Kier molecular flexibility index (Phi) is 3.96. The number of halogens is 2. The van der Waals surface area contributed by atoms with Crippen LogP contribution < -0.4 is 0 Å². The third-order valence-electron chi connectivity index (χ3n) is 1.47. The van der Waals surface area contributed by atoms with E-state index in [-0.39, 0.29) is 5.69 Å². The summed E-state index contributed by atoms with van der Waals surface area (Å²) in [5.41, 5.74) is 1.01. The number of nitrogens with zero attached hydrogens (tertiary/aromatic N) is 1. The highest BCUT2D eigenvalue weighted by Crippen LogP contribution is 2.39. The van der Waals surface area contributed by atoms with Gasteiger partial charge < -0.3 is 0 Å². The maximum absolute atomic E-state index is 13.2. The average Bonchev–Trinajstić information content (AvgIpc) is 2.32. The lowest BCUT2D eigenvalue weighted by Gasteiger charge is -1.95. The zero-order chi connectivity index (χ0) is 10.7. The van der Waals surface area contributed by atoms with Crippen LogP contribution in [0.3, 0.4) is 0 Å². The molecule has 0 aliphatic rings. The molecule has 1 aromatic rings. The minimum atomic E-state index is -0.427. The minimum absolute atomic E-state index is 0.0860. The number of thiophene rings is 1. The summed E-state index contributed by atoms with van der Waals surface area (Å²) in [5.74, 6) is 0. The number of hydrogen-bond acceptors (Lipinski definition) is 3. The minimum Gasteiger partial charge on any atom is -0.193 e. The SMILES string of the molecule is C=C(C)Cc1sc(F)c(N=C=S)c1Cl. The Hall–Kier alpha value is -0.540. The summed E-state index contributed by atoms with van der Waals surface area (Å²) in [6, 6.07) is 0. The fourth-order valence-electron chi connectivity index (χ4n) is 0.946. The molecule has 0 saturated carbocycles. The molecule has 0 bridgehead atoms. The highest BCUT2D eigenvalue weighted by molar-refractivity contribution is 7.78. The molecule has 0 spiro atoms. The lowest BCUT2D eigenvalue weighted by atomic mass is 10.2. The standard InChI is InChI=1S/C9H7ClFNS2/c1-5(2)3-6-7(10)8(12-4-13)9(11)14-6/h1,3H2,2H3. The Labute approximate surface area is 95.9 Å². The van der Waals surface area contributed by atoms with Crippen molar-refractivity contribution in [2.24, 2.45) is 4.99 Å². The molecule has 0 aliphatic heterocycles. The first-order chi connectivity index (χ1) is 6.56. The molecule has 0 aliphatic carbocycles. The highest BCUT2D eigenvalue weighted by atomic mass is 35.5. The van der Waals surface area contributed by atoms with E-state index in [1.54, 1.807) is 0 Å². The third kappa shape index (κ3) is 2.49. The normalized spacial score (nSPS) is 9.64. The van der Waals surface area contributed by atoms with Crippen LogP contribution in [0.15, 0.2) is 17.1 Å². The van der Waals surface area contributed by atoms with E-state index >= 15 is 0 Å². The molecular weight excluding hydrogens is 241 g/mol. The quantitative estimate of drug-likeness (QED) is 0.438. The molecule has 0 fully saturated rings. The van der Waals surface area contributed by atoms with Crippen LogP contribution in [0.5, 0.6) is 0 Å². The third-order valence-corrected chi connectivity index (χ3v) is 3.05. The number of hydrogen-bond donors (Lipinski definition) is 0. The zero-order valence-corrected chi connectivity index (χ0v) is 9.82. The molecule has 0 aromatic carbocycles. The van der Waals surface area contributed by atoms with Crippen molar-refractivity contribution >= 4 is 46.0 Å². The molecule has 0 unspecified atom stereocenters. The Morgan fingerprint density at radius 3 is 2.93 bits per heavy atom. The molecule has 0 radical (unpaired) electrons. The predicted molar refractivity (Wildman–Crippen MR) is 62.5 cm³/mol. The molecule has 0 atom stereocenters. The van der Waals surface area contributed by atoms with Gasteiger partial charge in [0.05, 0.1) is 10.2 Å². The maximum Gasteiger partial charge on any atom is 0.204 e. The first-order valence-electron chi connectivity index (χ1n) is 3.75. The van der Waals surface area contributed by atoms with Crippen LogP contribution in [0.4, 0.5) is 10.1 Å². The van der Waals surface area contributed by atoms with Gasteiger partial charge in [0.25, 0.3) is 0 Å². The Morgan fingerprint density at radius 2 is 2.43 bits per heavy atom. The lowest BCUT2D eigenvalue weighted by molar-refractivity contribution is 0.659. The summed E-state index contributed by atoms with van der Waals surface area (Å²) in [6.07, 6.45) is 0.563. The first kappa shape index (κ1) is 11.5. The lowest BCUT2D eigenvalue weighted by Crippen LogP contribution is -1.80. The molecular formula is C9H7ClFNS2. The van der Waals surface area contributed by atoms with Crippen LogP contribution in [0.2, 0.25) is 5.02 Å². The number of aliphatic imine (C=N–C) groups is 1. The van der Waals surface area contributed by atoms with Crippen molar-refractivity contribution in [3.05, 3.63) is 27.2 Å². The van der Waals surface area contributed by atoms with Gasteiger partial charge in [-0.25, -0.2) is 0 Å². The Morgan fingerprint density at radius 1 is 1.79 bits per heavy atom. The van der Waals surface area contributed by atoms with Crippen molar-refractivity contribution in [1.82, 2.24) is 0 Å². The van der Waals surface area contributed by atoms with Crippen molar-refractivity contribution < 1.29 is 4.39 Å². The number of rotatable bonds is 3. The van der Waals surface area contributed by atoms with Gasteiger partial charge in [0.2, 0.25) is 5.13 Å². The van der Waals surface area contributed by atoms with Crippen LogP contribution >= 0.6 is 35.2 Å². The molecule has 1 aromatic heterocycles. The topological polar surface area (TPSA) is 12.4 Å². The van der Waals surface area contributed by atoms with Crippen LogP contribution in [-0.4, -0.2) is 5.16 Å². The molecule has 14 heavy (non-hydrogen) atoms. The maximum atomic E-state index is 13.2. The van der Waals surface area contributed by atoms with Gasteiger partial charge in [0, 0.05) is 11.3 Å². The molecule has 0 amide bonds. The molecule has 1 rings (SSSR count). The Balaban J connectivity index is 3.16.